The first-order valence-corrected chi connectivity index (χ1v) is 6.55. The normalized spacial score (nSPS) is 15.0. The van der Waals surface area contributed by atoms with Crippen LogP contribution in [0.4, 0.5) is 0 Å². The molecule has 2 rings (SSSR count). The van der Waals surface area contributed by atoms with E-state index < -0.39 is 0 Å². The summed E-state index contributed by atoms with van der Waals surface area (Å²) in [6, 6.07) is 7.06. The molecule has 0 unspecified atom stereocenters. The second kappa shape index (κ2) is 5.97. The number of benzene rings is 1. The predicted molar refractivity (Wildman–Crippen MR) is 77.4 cm³/mol. The number of carbonyl (C=O) groups is 2. The lowest BCUT2D eigenvalue weighted by molar-refractivity contribution is -0.135. The Kier molecular flexibility index (Phi) is 4.28. The maximum atomic E-state index is 12.4. The first-order valence-electron chi connectivity index (χ1n) is 6.55. The molecular formula is C15H18N2O4. The lowest BCUT2D eigenvalue weighted by Crippen LogP contribution is -2.31. The zero-order chi connectivity index (χ0) is 15.6. The van der Waals surface area contributed by atoms with Gasteiger partial charge in [0.25, 0.3) is 11.8 Å². The molecule has 0 atom stereocenters. The fraction of sp³-hybridized carbons (Fsp3) is 0.333. The molecule has 1 N–H and O–H groups in total. The molecule has 0 saturated heterocycles. The van der Waals surface area contributed by atoms with Gasteiger partial charge in [-0.05, 0) is 6.07 Å². The third-order valence-corrected chi connectivity index (χ3v) is 3.46. The van der Waals surface area contributed by atoms with Gasteiger partial charge in [0.15, 0.2) is 0 Å². The van der Waals surface area contributed by atoms with Crippen LogP contribution in [0.25, 0.3) is 5.57 Å². The molecule has 1 aromatic rings. The summed E-state index contributed by atoms with van der Waals surface area (Å²) in [6.07, 6.45) is 0. The number of hydrogen-bond donors (Lipinski definition) is 1. The average molecular weight is 290 g/mol. The summed E-state index contributed by atoms with van der Waals surface area (Å²) in [5.41, 5.74) is 1.15. The lowest BCUT2D eigenvalue weighted by atomic mass is 10.0. The highest BCUT2D eigenvalue weighted by Gasteiger charge is 2.39. The number of carbonyl (C=O) groups excluding carboxylic acids is 2. The van der Waals surface area contributed by atoms with Crippen LogP contribution in [-0.2, 0) is 9.59 Å². The van der Waals surface area contributed by atoms with Gasteiger partial charge in [-0.1, -0.05) is 18.2 Å². The fourth-order valence-corrected chi connectivity index (χ4v) is 2.34. The van der Waals surface area contributed by atoms with Crippen molar-refractivity contribution in [3.05, 3.63) is 35.5 Å². The van der Waals surface area contributed by atoms with Crippen LogP contribution in [0.1, 0.15) is 5.56 Å². The molecular weight excluding hydrogens is 272 g/mol. The second-order valence-corrected chi connectivity index (χ2v) is 4.74. The summed E-state index contributed by atoms with van der Waals surface area (Å²) < 4.78 is 5.28. The fourth-order valence-electron chi connectivity index (χ4n) is 2.34. The van der Waals surface area contributed by atoms with Gasteiger partial charge in [0, 0.05) is 26.2 Å². The molecule has 112 valence electrons. The van der Waals surface area contributed by atoms with Gasteiger partial charge < -0.3 is 14.7 Å². The summed E-state index contributed by atoms with van der Waals surface area (Å²) in [5, 5.41) is 9.07. The van der Waals surface area contributed by atoms with Crippen molar-refractivity contribution in [3.63, 3.8) is 0 Å². The van der Waals surface area contributed by atoms with Gasteiger partial charge in [-0.2, -0.15) is 0 Å². The van der Waals surface area contributed by atoms with Gasteiger partial charge in [-0.3, -0.25) is 14.5 Å². The zero-order valence-electron chi connectivity index (χ0n) is 12.3. The van der Waals surface area contributed by atoms with Crippen molar-refractivity contribution in [2.45, 2.75) is 0 Å². The SMILES string of the molecule is COc1ccccc1C1=C(N(C)CCO)C(=O)N(C)C1=O. The predicted octanol–water partition coefficient (Wildman–Crippen LogP) is 0.329. The van der Waals surface area contributed by atoms with E-state index in [0.29, 0.717) is 16.9 Å². The summed E-state index contributed by atoms with van der Waals surface area (Å²) >= 11 is 0. The number of imide groups is 1. The van der Waals surface area contributed by atoms with E-state index in [-0.39, 0.29) is 30.7 Å². The number of methoxy groups -OCH3 is 1. The lowest BCUT2D eigenvalue weighted by Gasteiger charge is -2.19. The molecule has 0 bridgehead atoms. The molecule has 0 spiro atoms. The molecule has 6 heteroatoms. The first-order chi connectivity index (χ1) is 10.0. The molecule has 1 aliphatic heterocycles. The van der Waals surface area contributed by atoms with Crippen LogP contribution in [0.2, 0.25) is 0 Å². The van der Waals surface area contributed by atoms with Crippen LogP contribution in [0.5, 0.6) is 5.75 Å². The van der Waals surface area contributed by atoms with Crippen molar-refractivity contribution in [3.8, 4) is 5.75 Å². The van der Waals surface area contributed by atoms with E-state index in [1.807, 2.05) is 0 Å². The van der Waals surface area contributed by atoms with Crippen molar-refractivity contribution in [2.75, 3.05) is 34.4 Å². The Bertz CT molecular complexity index is 609. The Morgan fingerprint density at radius 2 is 1.90 bits per heavy atom. The maximum Gasteiger partial charge on any atom is 0.277 e. The minimum absolute atomic E-state index is 0.107. The number of aliphatic hydroxyl groups excluding tert-OH is 1. The number of para-hydroxylation sites is 1. The minimum atomic E-state index is -0.378. The summed E-state index contributed by atoms with van der Waals surface area (Å²) in [5.74, 6) is -0.222. The van der Waals surface area contributed by atoms with E-state index in [2.05, 4.69) is 0 Å². The highest BCUT2D eigenvalue weighted by atomic mass is 16.5. The van der Waals surface area contributed by atoms with Crippen LogP contribution in [0, 0.1) is 0 Å². The molecule has 1 aromatic carbocycles. The Balaban J connectivity index is 2.63. The highest BCUT2D eigenvalue weighted by Crippen LogP contribution is 2.34. The Hall–Kier alpha value is -2.34. The van der Waals surface area contributed by atoms with E-state index in [1.54, 1.807) is 36.2 Å². The molecule has 2 amide bonds. The van der Waals surface area contributed by atoms with Gasteiger partial charge >= 0.3 is 0 Å². The molecule has 0 radical (unpaired) electrons. The minimum Gasteiger partial charge on any atom is -0.496 e. The molecule has 0 saturated carbocycles. The van der Waals surface area contributed by atoms with Gasteiger partial charge in [0.05, 0.1) is 19.3 Å². The van der Waals surface area contributed by atoms with Crippen LogP contribution >= 0.6 is 0 Å². The standard InChI is InChI=1S/C15H18N2O4/c1-16(8-9-18)13-12(14(19)17(2)15(13)20)10-6-4-5-7-11(10)21-3/h4-7,18H,8-9H2,1-3H3. The smallest absolute Gasteiger partial charge is 0.277 e. The second-order valence-electron chi connectivity index (χ2n) is 4.74. The van der Waals surface area contributed by atoms with E-state index in [9.17, 15) is 9.59 Å². The third-order valence-electron chi connectivity index (χ3n) is 3.46. The van der Waals surface area contributed by atoms with Crippen molar-refractivity contribution in [2.24, 2.45) is 0 Å². The van der Waals surface area contributed by atoms with Crippen LogP contribution in [0.3, 0.4) is 0 Å². The number of amides is 2. The monoisotopic (exact) mass is 290 g/mol. The Morgan fingerprint density at radius 3 is 2.52 bits per heavy atom. The van der Waals surface area contributed by atoms with Crippen molar-refractivity contribution < 1.29 is 19.4 Å². The first kappa shape index (κ1) is 15.1. The van der Waals surface area contributed by atoms with Crippen LogP contribution in [0.15, 0.2) is 30.0 Å². The molecule has 1 aliphatic rings. The van der Waals surface area contributed by atoms with E-state index in [1.165, 1.54) is 14.2 Å². The molecule has 0 aromatic heterocycles. The topological polar surface area (TPSA) is 70.1 Å². The summed E-state index contributed by atoms with van der Waals surface area (Å²) in [7, 11) is 4.63. The Labute approximate surface area is 123 Å². The maximum absolute atomic E-state index is 12.4. The van der Waals surface area contributed by atoms with Crippen molar-refractivity contribution in [1.82, 2.24) is 9.80 Å². The van der Waals surface area contributed by atoms with Crippen LogP contribution < -0.4 is 4.74 Å². The average Bonchev–Trinajstić information content (AvgIpc) is 2.71. The van der Waals surface area contributed by atoms with Gasteiger partial charge in [0.2, 0.25) is 0 Å². The largest absolute Gasteiger partial charge is 0.496 e. The molecule has 0 aliphatic carbocycles. The summed E-state index contributed by atoms with van der Waals surface area (Å²) in [4.78, 5) is 27.4. The highest BCUT2D eigenvalue weighted by molar-refractivity contribution is 6.35. The third kappa shape index (κ3) is 2.50. The number of ether oxygens (including phenoxy) is 1. The molecule has 21 heavy (non-hydrogen) atoms. The van der Waals surface area contributed by atoms with Crippen molar-refractivity contribution in [1.29, 1.82) is 0 Å². The van der Waals surface area contributed by atoms with Crippen molar-refractivity contribution >= 4 is 17.4 Å². The molecule has 0 fully saturated rings. The van der Waals surface area contributed by atoms with E-state index >= 15 is 0 Å². The Morgan fingerprint density at radius 1 is 1.24 bits per heavy atom. The molecule has 1 heterocycles. The number of nitrogens with zero attached hydrogens (tertiary/aromatic N) is 2. The van der Waals surface area contributed by atoms with Gasteiger partial charge in [-0.15, -0.1) is 0 Å². The quantitative estimate of drug-likeness (QED) is 0.791. The van der Waals surface area contributed by atoms with Gasteiger partial charge in [0.1, 0.15) is 11.4 Å². The number of likely N-dealkylation sites (N-methyl/N-ethyl adjacent to an activating group) is 2. The van der Waals surface area contributed by atoms with Gasteiger partial charge in [-0.25, -0.2) is 0 Å². The van der Waals surface area contributed by atoms with E-state index in [0.717, 1.165) is 4.90 Å². The number of hydrogen-bond acceptors (Lipinski definition) is 5. The number of rotatable bonds is 5. The van der Waals surface area contributed by atoms with Crippen LogP contribution in [-0.4, -0.2) is 61.1 Å². The molecule has 6 nitrogen and oxygen atoms in total. The van der Waals surface area contributed by atoms with E-state index in [4.69, 9.17) is 9.84 Å². The zero-order valence-corrected chi connectivity index (χ0v) is 12.3. The summed E-state index contributed by atoms with van der Waals surface area (Å²) in [6.45, 7) is 0.158. The number of aliphatic hydroxyl groups is 1.